The monoisotopic (exact) mass is 362 g/mol. The second-order valence-corrected chi connectivity index (χ2v) is 6.96. The minimum Gasteiger partial charge on any atom is -0.298 e. The van der Waals surface area contributed by atoms with Gasteiger partial charge in [0.05, 0.1) is 0 Å². The molecule has 0 radical (unpaired) electrons. The topological polar surface area (TPSA) is 17.1 Å². The number of ketones is 1. The molecule has 3 heteroatoms. The van der Waals surface area contributed by atoms with Crippen molar-refractivity contribution in [3.63, 3.8) is 0 Å². The van der Waals surface area contributed by atoms with Gasteiger partial charge in [-0.2, -0.15) is 0 Å². The van der Waals surface area contributed by atoms with Gasteiger partial charge in [-0.3, -0.25) is 4.79 Å². The van der Waals surface area contributed by atoms with Gasteiger partial charge in [0.25, 0.3) is 0 Å². The number of Topliss-reactive ketones (excluding diaryl/α,β-unsaturated/α-hetero) is 1. The third-order valence-corrected chi connectivity index (χ3v) is 4.96. The summed E-state index contributed by atoms with van der Waals surface area (Å²) in [7, 11) is 0. The summed E-state index contributed by atoms with van der Waals surface area (Å²) in [6, 6.07) is 16.4. The molecular formula is C21H24Cl2O. The number of carbonyl (C=O) groups is 1. The van der Waals surface area contributed by atoms with Crippen molar-refractivity contribution in [2.24, 2.45) is 0 Å². The van der Waals surface area contributed by atoms with Crippen molar-refractivity contribution in [2.75, 3.05) is 11.8 Å². The molecule has 0 fully saturated rings. The molecule has 0 saturated carbocycles. The summed E-state index contributed by atoms with van der Waals surface area (Å²) in [4.78, 5) is 12.8. The number of aryl methyl sites for hydroxylation is 2. The van der Waals surface area contributed by atoms with Crippen molar-refractivity contribution in [3.8, 4) is 0 Å². The van der Waals surface area contributed by atoms with E-state index in [1.54, 1.807) is 0 Å². The van der Waals surface area contributed by atoms with Crippen LogP contribution in [0.4, 0.5) is 0 Å². The van der Waals surface area contributed by atoms with Crippen LogP contribution in [0.15, 0.2) is 48.5 Å². The lowest BCUT2D eigenvalue weighted by Crippen LogP contribution is -2.16. The maximum atomic E-state index is 12.8. The molecule has 0 N–H and O–H groups in total. The zero-order chi connectivity index (χ0) is 17.5. The van der Waals surface area contributed by atoms with Gasteiger partial charge < -0.3 is 0 Å². The summed E-state index contributed by atoms with van der Waals surface area (Å²) in [6.07, 6.45) is 1.71. The highest BCUT2D eigenvalue weighted by Gasteiger charge is 2.22. The second-order valence-electron chi connectivity index (χ2n) is 6.21. The predicted molar refractivity (Wildman–Crippen MR) is 104 cm³/mol. The number of rotatable bonds is 8. The average molecular weight is 363 g/mol. The fourth-order valence-electron chi connectivity index (χ4n) is 2.87. The molecule has 2 aromatic rings. The van der Waals surface area contributed by atoms with Crippen LogP contribution in [0, 0.1) is 0 Å². The van der Waals surface area contributed by atoms with Crippen LogP contribution in [0.3, 0.4) is 0 Å². The molecule has 0 aromatic heterocycles. The van der Waals surface area contributed by atoms with E-state index in [-0.39, 0.29) is 17.6 Å². The van der Waals surface area contributed by atoms with Gasteiger partial charge in [0.2, 0.25) is 0 Å². The van der Waals surface area contributed by atoms with Crippen molar-refractivity contribution in [2.45, 2.75) is 38.5 Å². The number of hydrogen-bond donors (Lipinski definition) is 0. The number of hydrogen-bond acceptors (Lipinski definition) is 1. The van der Waals surface area contributed by atoms with Crippen LogP contribution in [0.1, 0.15) is 47.9 Å². The number of alkyl halides is 2. The predicted octanol–water partition coefficient (Wildman–Crippen LogP) is 5.73. The Morgan fingerprint density at radius 2 is 1.08 bits per heavy atom. The van der Waals surface area contributed by atoms with E-state index in [0.717, 1.165) is 24.0 Å². The fraction of sp³-hybridized carbons (Fsp3) is 0.381. The van der Waals surface area contributed by atoms with Gasteiger partial charge in [0.1, 0.15) is 5.78 Å². The molecule has 0 saturated heterocycles. The lowest BCUT2D eigenvalue weighted by atomic mass is 9.85. The summed E-state index contributed by atoms with van der Waals surface area (Å²) >= 11 is 11.5. The molecule has 0 heterocycles. The Kier molecular flexibility index (Phi) is 7.33. The van der Waals surface area contributed by atoms with Crippen LogP contribution < -0.4 is 0 Å². The molecule has 128 valence electrons. The SMILES string of the molecule is CC(C(=O)C(C)c1ccc(CCCl)cc1)c1ccc(CCCl)cc1. The van der Waals surface area contributed by atoms with Crippen LogP contribution in [-0.4, -0.2) is 17.5 Å². The van der Waals surface area contributed by atoms with E-state index in [0.29, 0.717) is 11.8 Å². The number of benzene rings is 2. The maximum Gasteiger partial charge on any atom is 0.147 e. The van der Waals surface area contributed by atoms with Gasteiger partial charge in [0.15, 0.2) is 0 Å². The standard InChI is InChI=1S/C21H24Cl2O/c1-15(19-7-3-17(4-8-19)11-13-22)21(24)16(2)20-9-5-18(6-10-20)12-14-23/h3-10,15-16H,11-14H2,1-2H3. The maximum absolute atomic E-state index is 12.8. The largest absolute Gasteiger partial charge is 0.298 e. The Morgan fingerprint density at radius 3 is 1.38 bits per heavy atom. The first-order chi connectivity index (χ1) is 11.6. The van der Waals surface area contributed by atoms with E-state index < -0.39 is 0 Å². The molecule has 0 bridgehead atoms. The van der Waals surface area contributed by atoms with Crippen molar-refractivity contribution in [3.05, 3.63) is 70.8 Å². The number of carbonyl (C=O) groups excluding carboxylic acids is 1. The van der Waals surface area contributed by atoms with Gasteiger partial charge in [-0.15, -0.1) is 23.2 Å². The third kappa shape index (κ3) is 4.84. The van der Waals surface area contributed by atoms with Gasteiger partial charge in [-0.05, 0) is 35.1 Å². The molecule has 2 aromatic carbocycles. The van der Waals surface area contributed by atoms with E-state index in [1.165, 1.54) is 11.1 Å². The molecule has 1 nitrogen and oxygen atoms in total. The Labute approximate surface area is 155 Å². The average Bonchev–Trinajstić information content (AvgIpc) is 2.62. The first-order valence-corrected chi connectivity index (χ1v) is 9.47. The summed E-state index contributed by atoms with van der Waals surface area (Å²) < 4.78 is 0. The summed E-state index contributed by atoms with van der Waals surface area (Å²) in [5.74, 6) is 1.24. The van der Waals surface area contributed by atoms with Crippen LogP contribution in [0.25, 0.3) is 0 Å². The molecule has 0 amide bonds. The van der Waals surface area contributed by atoms with Crippen LogP contribution in [0.2, 0.25) is 0 Å². The molecule has 2 rings (SSSR count). The van der Waals surface area contributed by atoms with Crippen molar-refractivity contribution >= 4 is 29.0 Å². The zero-order valence-electron chi connectivity index (χ0n) is 14.3. The van der Waals surface area contributed by atoms with Crippen molar-refractivity contribution in [1.29, 1.82) is 0 Å². The van der Waals surface area contributed by atoms with Crippen LogP contribution in [-0.2, 0) is 17.6 Å². The lowest BCUT2D eigenvalue weighted by Gasteiger charge is -2.18. The minimum absolute atomic E-state index is 0.118. The molecule has 0 aliphatic heterocycles. The Morgan fingerprint density at radius 1 is 0.750 bits per heavy atom. The third-order valence-electron chi connectivity index (χ3n) is 4.58. The number of halogens is 2. The van der Waals surface area contributed by atoms with E-state index in [1.807, 2.05) is 38.1 Å². The molecule has 0 aliphatic carbocycles. The Bertz CT molecular complexity index is 589. The van der Waals surface area contributed by atoms with Crippen LogP contribution >= 0.6 is 23.2 Å². The first kappa shape index (κ1) is 19.0. The van der Waals surface area contributed by atoms with E-state index in [4.69, 9.17) is 23.2 Å². The summed E-state index contributed by atoms with van der Waals surface area (Å²) in [5, 5.41) is 0. The molecular weight excluding hydrogens is 339 g/mol. The molecule has 2 atom stereocenters. The van der Waals surface area contributed by atoms with Crippen LogP contribution in [0.5, 0.6) is 0 Å². The van der Waals surface area contributed by atoms with Crippen molar-refractivity contribution < 1.29 is 4.79 Å². The fourth-order valence-corrected chi connectivity index (χ4v) is 3.30. The van der Waals surface area contributed by atoms with E-state index in [9.17, 15) is 4.79 Å². The summed E-state index contributed by atoms with van der Waals surface area (Å²) in [6.45, 7) is 3.97. The normalized spacial score (nSPS) is 13.5. The van der Waals surface area contributed by atoms with E-state index in [2.05, 4.69) is 24.3 Å². The van der Waals surface area contributed by atoms with Crippen molar-refractivity contribution in [1.82, 2.24) is 0 Å². The molecule has 0 aliphatic rings. The Balaban J connectivity index is 2.08. The van der Waals surface area contributed by atoms with E-state index >= 15 is 0 Å². The quantitative estimate of drug-likeness (QED) is 0.548. The van der Waals surface area contributed by atoms with Gasteiger partial charge in [0, 0.05) is 23.6 Å². The highest BCUT2D eigenvalue weighted by atomic mass is 35.5. The lowest BCUT2D eigenvalue weighted by molar-refractivity contribution is -0.121. The zero-order valence-corrected chi connectivity index (χ0v) is 15.8. The second kappa shape index (κ2) is 9.25. The first-order valence-electron chi connectivity index (χ1n) is 8.40. The van der Waals surface area contributed by atoms with Gasteiger partial charge in [-0.1, -0.05) is 62.4 Å². The highest BCUT2D eigenvalue weighted by molar-refractivity contribution is 6.18. The summed E-state index contributed by atoms with van der Waals surface area (Å²) in [5.41, 5.74) is 4.53. The molecule has 24 heavy (non-hydrogen) atoms. The van der Waals surface area contributed by atoms with Gasteiger partial charge in [-0.25, -0.2) is 0 Å². The molecule has 2 unspecified atom stereocenters. The van der Waals surface area contributed by atoms with Gasteiger partial charge >= 0.3 is 0 Å². The molecule has 0 spiro atoms. The minimum atomic E-state index is -0.118. The Hall–Kier alpha value is -1.31. The smallest absolute Gasteiger partial charge is 0.147 e. The highest BCUT2D eigenvalue weighted by Crippen LogP contribution is 2.26.